The van der Waals surface area contributed by atoms with Gasteiger partial charge in [0.15, 0.2) is 11.5 Å². The van der Waals surface area contributed by atoms with Gasteiger partial charge in [0.1, 0.15) is 11.5 Å². The van der Waals surface area contributed by atoms with Crippen LogP contribution in [0.15, 0.2) is 48.0 Å². The highest BCUT2D eigenvalue weighted by molar-refractivity contribution is 6.46. The predicted molar refractivity (Wildman–Crippen MR) is 134 cm³/mol. The number of aliphatic hydroxyl groups is 1. The molecular weight excluding hydrogens is 448 g/mol. The summed E-state index contributed by atoms with van der Waals surface area (Å²) in [6.07, 6.45) is 0.678. The summed E-state index contributed by atoms with van der Waals surface area (Å²) in [5, 5.41) is 11.2. The Hall–Kier alpha value is -3.52. The van der Waals surface area contributed by atoms with Crippen LogP contribution in [0.3, 0.4) is 0 Å². The SMILES string of the molecule is COc1ccc([C@H]2C(=C(O)c3ccc(OC(C)C)cc3)C(=O)C(=O)N2CCCN(C)C)cc1OC. The van der Waals surface area contributed by atoms with Crippen molar-refractivity contribution in [1.29, 1.82) is 0 Å². The summed E-state index contributed by atoms with van der Waals surface area (Å²) in [4.78, 5) is 29.8. The van der Waals surface area contributed by atoms with Crippen LogP contribution >= 0.6 is 0 Å². The number of ether oxygens (including phenoxy) is 3. The second-order valence-electron chi connectivity index (χ2n) is 8.95. The predicted octanol–water partition coefficient (Wildman–Crippen LogP) is 3.86. The summed E-state index contributed by atoms with van der Waals surface area (Å²) in [5.41, 5.74) is 1.12. The molecule has 1 saturated heterocycles. The standard InChI is InChI=1S/C27H34N2O6/c1-17(2)35-20-11-8-18(9-12-20)25(30)23-24(19-10-13-21(33-5)22(16-19)34-6)29(27(32)26(23)31)15-7-14-28(3)4/h8-13,16-17,24,30H,7,14-15H2,1-6H3/t24-/m0/s1. The lowest BCUT2D eigenvalue weighted by Gasteiger charge is -2.26. The van der Waals surface area contributed by atoms with Crippen LogP contribution in [0.1, 0.15) is 37.4 Å². The molecule has 1 heterocycles. The number of likely N-dealkylation sites (tertiary alicyclic amines) is 1. The summed E-state index contributed by atoms with van der Waals surface area (Å²) in [5.74, 6) is 0.0755. The molecule has 8 heteroatoms. The Balaban J connectivity index is 2.09. The summed E-state index contributed by atoms with van der Waals surface area (Å²) in [7, 11) is 6.97. The molecule has 0 unspecified atom stereocenters. The minimum absolute atomic E-state index is 0.00647. The van der Waals surface area contributed by atoms with E-state index < -0.39 is 17.7 Å². The van der Waals surface area contributed by atoms with Crippen LogP contribution in [0.4, 0.5) is 0 Å². The number of hydrogen-bond acceptors (Lipinski definition) is 7. The van der Waals surface area contributed by atoms with Gasteiger partial charge in [-0.2, -0.15) is 0 Å². The van der Waals surface area contributed by atoms with E-state index in [9.17, 15) is 14.7 Å². The van der Waals surface area contributed by atoms with Gasteiger partial charge in [0.05, 0.1) is 31.9 Å². The van der Waals surface area contributed by atoms with Crippen LogP contribution in [-0.4, -0.2) is 74.1 Å². The smallest absolute Gasteiger partial charge is 0.295 e. The quantitative estimate of drug-likeness (QED) is 0.312. The van der Waals surface area contributed by atoms with Gasteiger partial charge in [0.25, 0.3) is 11.7 Å². The maximum absolute atomic E-state index is 13.2. The van der Waals surface area contributed by atoms with Crippen molar-refractivity contribution in [3.63, 3.8) is 0 Å². The first-order valence-electron chi connectivity index (χ1n) is 11.6. The molecule has 1 amide bonds. The molecule has 0 aromatic heterocycles. The van der Waals surface area contributed by atoms with Crippen molar-refractivity contribution in [3.05, 3.63) is 59.2 Å². The fourth-order valence-electron chi connectivity index (χ4n) is 4.16. The van der Waals surface area contributed by atoms with Crippen LogP contribution in [0, 0.1) is 0 Å². The minimum atomic E-state index is -0.761. The first kappa shape index (κ1) is 26.1. The summed E-state index contributed by atoms with van der Waals surface area (Å²) in [6, 6.07) is 11.3. The van der Waals surface area contributed by atoms with Crippen molar-refractivity contribution in [3.8, 4) is 17.2 Å². The Morgan fingerprint density at radius 1 is 1.03 bits per heavy atom. The van der Waals surface area contributed by atoms with E-state index in [0.717, 1.165) is 6.54 Å². The number of aliphatic hydroxyl groups excluding tert-OH is 1. The number of carbonyl (C=O) groups excluding carboxylic acids is 2. The zero-order valence-corrected chi connectivity index (χ0v) is 21.2. The van der Waals surface area contributed by atoms with Gasteiger partial charge in [0.2, 0.25) is 0 Å². The number of rotatable bonds is 10. The molecule has 0 aliphatic carbocycles. The highest BCUT2D eigenvalue weighted by atomic mass is 16.5. The van der Waals surface area contributed by atoms with E-state index in [1.165, 1.54) is 19.1 Å². The van der Waals surface area contributed by atoms with E-state index in [0.29, 0.717) is 41.3 Å². The molecule has 1 atom stereocenters. The molecule has 1 aliphatic rings. The lowest BCUT2D eigenvalue weighted by Crippen LogP contribution is -2.32. The summed E-state index contributed by atoms with van der Waals surface area (Å²) < 4.78 is 16.5. The van der Waals surface area contributed by atoms with Crippen LogP contribution < -0.4 is 14.2 Å². The van der Waals surface area contributed by atoms with E-state index >= 15 is 0 Å². The first-order chi connectivity index (χ1) is 16.7. The van der Waals surface area contributed by atoms with Crippen molar-refractivity contribution in [2.24, 2.45) is 0 Å². The molecule has 188 valence electrons. The van der Waals surface area contributed by atoms with Crippen LogP contribution in [0.2, 0.25) is 0 Å². The molecule has 1 aliphatic heterocycles. The monoisotopic (exact) mass is 482 g/mol. The lowest BCUT2D eigenvalue weighted by atomic mass is 9.95. The second-order valence-corrected chi connectivity index (χ2v) is 8.95. The van der Waals surface area contributed by atoms with E-state index in [-0.39, 0.29) is 17.4 Å². The molecule has 0 spiro atoms. The van der Waals surface area contributed by atoms with Gasteiger partial charge in [-0.3, -0.25) is 9.59 Å². The minimum Gasteiger partial charge on any atom is -0.507 e. The van der Waals surface area contributed by atoms with Crippen molar-refractivity contribution in [2.45, 2.75) is 32.4 Å². The number of methoxy groups -OCH3 is 2. The molecule has 3 rings (SSSR count). The molecule has 1 N–H and O–H groups in total. The van der Waals surface area contributed by atoms with Crippen molar-refractivity contribution in [2.75, 3.05) is 41.4 Å². The number of Topliss-reactive ketones (excluding diaryl/α,β-unsaturated/α-hetero) is 1. The Bertz CT molecular complexity index is 1090. The topological polar surface area (TPSA) is 88.5 Å². The number of hydrogen-bond donors (Lipinski definition) is 1. The molecule has 35 heavy (non-hydrogen) atoms. The number of ketones is 1. The molecule has 0 bridgehead atoms. The van der Waals surface area contributed by atoms with Gasteiger partial charge in [-0.05, 0) is 82.9 Å². The van der Waals surface area contributed by atoms with Gasteiger partial charge in [0, 0.05) is 12.1 Å². The van der Waals surface area contributed by atoms with Gasteiger partial charge in [-0.25, -0.2) is 0 Å². The number of carbonyl (C=O) groups is 2. The van der Waals surface area contributed by atoms with Gasteiger partial charge in [-0.15, -0.1) is 0 Å². The molecule has 2 aromatic rings. The Kier molecular flexibility index (Phi) is 8.40. The van der Waals surface area contributed by atoms with Crippen molar-refractivity contribution >= 4 is 17.4 Å². The van der Waals surface area contributed by atoms with E-state index in [4.69, 9.17) is 14.2 Å². The molecule has 8 nitrogen and oxygen atoms in total. The second kappa shape index (κ2) is 11.3. The number of benzene rings is 2. The molecule has 0 radical (unpaired) electrons. The van der Waals surface area contributed by atoms with Crippen molar-refractivity contribution < 1.29 is 28.9 Å². The Labute approximate surface area is 206 Å². The highest BCUT2D eigenvalue weighted by Crippen LogP contribution is 2.42. The Morgan fingerprint density at radius 2 is 1.69 bits per heavy atom. The van der Waals surface area contributed by atoms with Crippen molar-refractivity contribution in [1.82, 2.24) is 9.80 Å². The average molecular weight is 483 g/mol. The molecular formula is C27H34N2O6. The summed E-state index contributed by atoms with van der Waals surface area (Å²) >= 11 is 0. The zero-order chi connectivity index (χ0) is 25.7. The molecule has 2 aromatic carbocycles. The zero-order valence-electron chi connectivity index (χ0n) is 21.2. The summed E-state index contributed by atoms with van der Waals surface area (Å²) in [6.45, 7) is 4.96. The third-order valence-corrected chi connectivity index (χ3v) is 5.77. The first-order valence-corrected chi connectivity index (χ1v) is 11.6. The highest BCUT2D eigenvalue weighted by Gasteiger charge is 2.46. The largest absolute Gasteiger partial charge is 0.507 e. The lowest BCUT2D eigenvalue weighted by molar-refractivity contribution is -0.139. The maximum Gasteiger partial charge on any atom is 0.295 e. The molecule has 1 fully saturated rings. The number of nitrogens with zero attached hydrogens (tertiary/aromatic N) is 2. The number of amides is 1. The molecule has 0 saturated carbocycles. The average Bonchev–Trinajstić information content (AvgIpc) is 3.08. The third kappa shape index (κ3) is 5.77. The van der Waals surface area contributed by atoms with Gasteiger partial charge < -0.3 is 29.1 Å². The maximum atomic E-state index is 13.2. The normalized spacial score (nSPS) is 17.4. The van der Waals surface area contributed by atoms with Gasteiger partial charge >= 0.3 is 0 Å². The van der Waals surface area contributed by atoms with E-state index in [1.54, 1.807) is 42.5 Å². The van der Waals surface area contributed by atoms with Crippen LogP contribution in [0.25, 0.3) is 5.76 Å². The van der Waals surface area contributed by atoms with E-state index in [2.05, 4.69) is 0 Å². The van der Waals surface area contributed by atoms with Crippen LogP contribution in [-0.2, 0) is 9.59 Å². The van der Waals surface area contributed by atoms with E-state index in [1.807, 2.05) is 32.8 Å². The third-order valence-electron chi connectivity index (χ3n) is 5.77. The fourth-order valence-corrected chi connectivity index (χ4v) is 4.16. The fraction of sp³-hybridized carbons (Fsp3) is 0.407. The Morgan fingerprint density at radius 3 is 2.26 bits per heavy atom. The van der Waals surface area contributed by atoms with Gasteiger partial charge in [-0.1, -0.05) is 6.07 Å². The van der Waals surface area contributed by atoms with Crippen LogP contribution in [0.5, 0.6) is 17.2 Å².